The molecule has 1 aromatic rings. The normalized spacial score (nSPS) is 22.0. The highest BCUT2D eigenvalue weighted by atomic mass is 16.5. The van der Waals surface area contributed by atoms with E-state index in [9.17, 15) is 14.4 Å². The van der Waals surface area contributed by atoms with Gasteiger partial charge in [-0.1, -0.05) is 20.3 Å². The molecule has 1 aliphatic rings. The van der Waals surface area contributed by atoms with E-state index in [0.29, 0.717) is 12.3 Å². The average molecular weight is 336 g/mol. The number of rotatable bonds is 6. The Balaban J connectivity index is 2.19. The lowest BCUT2D eigenvalue weighted by atomic mass is 10.00. The fourth-order valence-electron chi connectivity index (χ4n) is 2.74. The van der Waals surface area contributed by atoms with Crippen LogP contribution in [0.15, 0.2) is 21.9 Å². The maximum Gasteiger partial charge on any atom is 0.330 e. The largest absolute Gasteiger partial charge is 0.466 e. The van der Waals surface area contributed by atoms with Gasteiger partial charge in [0, 0.05) is 12.3 Å². The molecule has 1 aromatic heterocycles. The molecule has 2 heterocycles. The first kappa shape index (κ1) is 18.2. The Kier molecular flexibility index (Phi) is 6.14. The molecule has 0 spiro atoms. The summed E-state index contributed by atoms with van der Waals surface area (Å²) in [4.78, 5) is 37.3. The first-order valence-electron chi connectivity index (χ1n) is 8.21. The van der Waals surface area contributed by atoms with E-state index in [4.69, 9.17) is 4.74 Å². The van der Waals surface area contributed by atoms with E-state index < -0.39 is 23.4 Å². The van der Waals surface area contributed by atoms with Gasteiger partial charge in [-0.05, 0) is 31.3 Å². The summed E-state index contributed by atoms with van der Waals surface area (Å²) < 4.78 is 11.8. The molecule has 1 saturated heterocycles. The van der Waals surface area contributed by atoms with Crippen molar-refractivity contribution in [1.29, 1.82) is 0 Å². The van der Waals surface area contributed by atoms with Crippen molar-refractivity contribution in [2.45, 2.75) is 51.9 Å². The molecule has 0 amide bonds. The van der Waals surface area contributed by atoms with Crippen LogP contribution in [-0.2, 0) is 14.3 Å². The predicted octanol–water partition coefficient (Wildman–Crippen LogP) is 1.84. The monoisotopic (exact) mass is 336 g/mol. The Morgan fingerprint density at radius 1 is 1.50 bits per heavy atom. The van der Waals surface area contributed by atoms with Crippen molar-refractivity contribution in [3.63, 3.8) is 0 Å². The molecule has 7 heteroatoms. The van der Waals surface area contributed by atoms with Gasteiger partial charge in [-0.2, -0.15) is 0 Å². The van der Waals surface area contributed by atoms with Crippen molar-refractivity contribution >= 4 is 12.0 Å². The Morgan fingerprint density at radius 3 is 2.92 bits per heavy atom. The Hall–Kier alpha value is -2.15. The summed E-state index contributed by atoms with van der Waals surface area (Å²) in [6.07, 6.45) is 7.27. The second kappa shape index (κ2) is 8.10. The fourth-order valence-corrected chi connectivity index (χ4v) is 2.74. The standard InChI is InChI=1S/C17H24N2O5/c1-4-11(2)9-13-6-7-14(24-13)19-10-12(5-8-15(20)23-3)16(21)18-17(19)22/h5,8,10-11,13-14H,4,6-7,9H2,1-3H3,(H,18,21,22)/b8-5+/t11?,13?,14-/m1/s1. The number of ether oxygens (including phenoxy) is 2. The lowest BCUT2D eigenvalue weighted by Gasteiger charge is -2.18. The molecule has 0 aliphatic carbocycles. The second-order valence-electron chi connectivity index (χ2n) is 6.15. The number of carbonyl (C=O) groups excluding carboxylic acids is 1. The molecule has 0 saturated carbocycles. The maximum atomic E-state index is 12.1. The zero-order valence-corrected chi connectivity index (χ0v) is 14.3. The van der Waals surface area contributed by atoms with Gasteiger partial charge < -0.3 is 9.47 Å². The third kappa shape index (κ3) is 4.44. The van der Waals surface area contributed by atoms with Crippen LogP contribution in [0.2, 0.25) is 0 Å². The summed E-state index contributed by atoms with van der Waals surface area (Å²) in [5.74, 6) is -0.00233. The van der Waals surface area contributed by atoms with Gasteiger partial charge in [-0.3, -0.25) is 14.3 Å². The van der Waals surface area contributed by atoms with Crippen molar-refractivity contribution in [3.05, 3.63) is 38.7 Å². The van der Waals surface area contributed by atoms with E-state index >= 15 is 0 Å². The van der Waals surface area contributed by atoms with E-state index in [0.717, 1.165) is 25.3 Å². The number of aromatic amines is 1. The SMILES string of the molecule is CCC(C)CC1CC[C@H](n2cc(/C=C/C(=O)OC)c(=O)[nH]c2=O)O1. The molecule has 1 fully saturated rings. The molecule has 0 aromatic carbocycles. The number of hydrogen-bond donors (Lipinski definition) is 1. The van der Waals surface area contributed by atoms with Gasteiger partial charge in [0.1, 0.15) is 6.23 Å². The maximum absolute atomic E-state index is 12.1. The number of aromatic nitrogens is 2. The molecule has 0 bridgehead atoms. The highest BCUT2D eigenvalue weighted by molar-refractivity contribution is 5.86. The quantitative estimate of drug-likeness (QED) is 0.632. The second-order valence-corrected chi connectivity index (χ2v) is 6.15. The third-order valence-electron chi connectivity index (χ3n) is 4.35. The molecular weight excluding hydrogens is 312 g/mol. The van der Waals surface area contributed by atoms with Crippen LogP contribution < -0.4 is 11.2 Å². The van der Waals surface area contributed by atoms with Crippen LogP contribution in [0, 0.1) is 5.92 Å². The van der Waals surface area contributed by atoms with Crippen LogP contribution in [0.25, 0.3) is 6.08 Å². The average Bonchev–Trinajstić information content (AvgIpc) is 3.01. The third-order valence-corrected chi connectivity index (χ3v) is 4.35. The number of carbonyl (C=O) groups is 1. The molecule has 3 atom stereocenters. The van der Waals surface area contributed by atoms with Crippen LogP contribution in [0.1, 0.15) is 51.3 Å². The predicted molar refractivity (Wildman–Crippen MR) is 89.6 cm³/mol. The molecule has 2 rings (SSSR count). The lowest BCUT2D eigenvalue weighted by Crippen LogP contribution is -2.33. The van der Waals surface area contributed by atoms with Gasteiger partial charge in [0.05, 0.1) is 18.8 Å². The number of hydrogen-bond acceptors (Lipinski definition) is 5. The first-order valence-corrected chi connectivity index (χ1v) is 8.21. The summed E-state index contributed by atoms with van der Waals surface area (Å²) in [5.41, 5.74) is -0.857. The molecule has 132 valence electrons. The van der Waals surface area contributed by atoms with Crippen LogP contribution in [0.5, 0.6) is 0 Å². The number of H-pyrrole nitrogens is 1. The van der Waals surface area contributed by atoms with Gasteiger partial charge in [-0.15, -0.1) is 0 Å². The number of nitrogens with one attached hydrogen (secondary N) is 1. The van der Waals surface area contributed by atoms with E-state index in [1.165, 1.54) is 23.9 Å². The molecular formula is C17H24N2O5. The Morgan fingerprint density at radius 2 is 2.25 bits per heavy atom. The van der Waals surface area contributed by atoms with Crippen molar-refractivity contribution in [2.24, 2.45) is 5.92 Å². The minimum atomic E-state index is -0.571. The van der Waals surface area contributed by atoms with E-state index in [1.807, 2.05) is 0 Å². The fraction of sp³-hybridized carbons (Fsp3) is 0.588. The minimum Gasteiger partial charge on any atom is -0.466 e. The topological polar surface area (TPSA) is 90.4 Å². The summed E-state index contributed by atoms with van der Waals surface area (Å²) >= 11 is 0. The molecule has 2 unspecified atom stereocenters. The molecule has 7 nitrogen and oxygen atoms in total. The highest BCUT2D eigenvalue weighted by Crippen LogP contribution is 2.31. The molecule has 24 heavy (non-hydrogen) atoms. The van der Waals surface area contributed by atoms with Gasteiger partial charge >= 0.3 is 11.7 Å². The Labute approximate surface area is 140 Å². The van der Waals surface area contributed by atoms with Gasteiger partial charge in [0.15, 0.2) is 0 Å². The number of methoxy groups -OCH3 is 1. The van der Waals surface area contributed by atoms with Crippen LogP contribution in [0.4, 0.5) is 0 Å². The smallest absolute Gasteiger partial charge is 0.330 e. The van der Waals surface area contributed by atoms with E-state index in [1.54, 1.807) is 0 Å². The number of esters is 1. The van der Waals surface area contributed by atoms with Gasteiger partial charge in [-0.25, -0.2) is 9.59 Å². The molecule has 1 N–H and O–H groups in total. The molecule has 1 aliphatic heterocycles. The van der Waals surface area contributed by atoms with Crippen molar-refractivity contribution < 1.29 is 14.3 Å². The number of nitrogens with zero attached hydrogens (tertiary/aromatic N) is 1. The van der Waals surface area contributed by atoms with Gasteiger partial charge in [0.25, 0.3) is 5.56 Å². The minimum absolute atomic E-state index is 0.123. The lowest BCUT2D eigenvalue weighted by molar-refractivity contribution is -0.134. The zero-order chi connectivity index (χ0) is 17.7. The highest BCUT2D eigenvalue weighted by Gasteiger charge is 2.28. The first-order chi connectivity index (χ1) is 11.4. The van der Waals surface area contributed by atoms with E-state index in [-0.39, 0.29) is 11.7 Å². The van der Waals surface area contributed by atoms with Crippen molar-refractivity contribution in [2.75, 3.05) is 7.11 Å². The summed E-state index contributed by atoms with van der Waals surface area (Å²) in [6, 6.07) is 0. The van der Waals surface area contributed by atoms with Gasteiger partial charge in [0.2, 0.25) is 0 Å². The van der Waals surface area contributed by atoms with Crippen LogP contribution in [-0.4, -0.2) is 28.7 Å². The zero-order valence-electron chi connectivity index (χ0n) is 14.3. The molecule has 0 radical (unpaired) electrons. The Bertz CT molecular complexity index is 718. The van der Waals surface area contributed by atoms with Crippen molar-refractivity contribution in [1.82, 2.24) is 9.55 Å². The summed E-state index contributed by atoms with van der Waals surface area (Å²) in [7, 11) is 1.25. The summed E-state index contributed by atoms with van der Waals surface area (Å²) in [6.45, 7) is 4.32. The summed E-state index contributed by atoms with van der Waals surface area (Å²) in [5, 5.41) is 0. The van der Waals surface area contributed by atoms with E-state index in [2.05, 4.69) is 23.6 Å². The van der Waals surface area contributed by atoms with Crippen LogP contribution >= 0.6 is 0 Å². The van der Waals surface area contributed by atoms with Crippen LogP contribution in [0.3, 0.4) is 0 Å². The van der Waals surface area contributed by atoms with Crippen molar-refractivity contribution in [3.8, 4) is 0 Å².